The van der Waals surface area contributed by atoms with Crippen molar-refractivity contribution >= 4 is 0 Å². The first-order valence-corrected chi connectivity index (χ1v) is 3.99. The Morgan fingerprint density at radius 3 is 2.62 bits per heavy atom. The van der Waals surface area contributed by atoms with Crippen molar-refractivity contribution < 1.29 is 10.8 Å². The van der Waals surface area contributed by atoms with Crippen LogP contribution in [0.4, 0.5) is 0 Å². The normalized spacial score (nSPS) is 12.9. The van der Waals surface area contributed by atoms with Crippen LogP contribution in [0.25, 0.3) is 0 Å². The third kappa shape index (κ3) is 2.25. The summed E-state index contributed by atoms with van der Waals surface area (Å²) in [5.41, 5.74) is 0.845. The molecule has 1 unspecified atom stereocenters. The van der Waals surface area contributed by atoms with E-state index in [9.17, 15) is 0 Å². The molecule has 1 aromatic carbocycles. The fraction of sp³-hybridized carbons (Fsp3) is 0.273. The molecule has 0 amide bonds. The molecular formula is C11H14O2. The molecule has 2 nitrogen and oxygen atoms in total. The van der Waals surface area contributed by atoms with E-state index >= 15 is 0 Å². The molecule has 0 saturated heterocycles. The van der Waals surface area contributed by atoms with Gasteiger partial charge in [-0.25, -0.2) is 0 Å². The van der Waals surface area contributed by atoms with Crippen LogP contribution in [0.1, 0.15) is 6.93 Å². The Bertz CT molecular complexity index is 323. The van der Waals surface area contributed by atoms with Crippen LogP contribution in [0.3, 0.4) is 0 Å². The lowest BCUT2D eigenvalue weighted by Gasteiger charge is -2.08. The lowest BCUT2D eigenvalue weighted by atomic mass is 10.1. The number of allylic oxidation sites excluding steroid dienone is 1. The van der Waals surface area contributed by atoms with Gasteiger partial charge in [-0.1, -0.05) is 12.1 Å². The van der Waals surface area contributed by atoms with Crippen LogP contribution in [0, 0.1) is 0 Å². The number of hydrogen-bond acceptors (Lipinski definition) is 2. The summed E-state index contributed by atoms with van der Waals surface area (Å²) >= 11 is 0. The van der Waals surface area contributed by atoms with Crippen LogP contribution in [-0.2, 0) is 6.40 Å². The fourth-order valence-corrected chi connectivity index (χ4v) is 1.09. The minimum Gasteiger partial charge on any atom is -0.493 e. The highest BCUT2D eigenvalue weighted by Crippen LogP contribution is 2.27. The van der Waals surface area contributed by atoms with Crippen molar-refractivity contribution in [2.75, 3.05) is 14.2 Å². The molecular weight excluding hydrogens is 164 g/mol. The van der Waals surface area contributed by atoms with E-state index in [1.165, 1.54) is 0 Å². The molecule has 0 aliphatic rings. The van der Waals surface area contributed by atoms with Crippen LogP contribution >= 0.6 is 0 Å². The highest BCUT2D eigenvalue weighted by Gasteiger charge is 2.02. The summed E-state index contributed by atoms with van der Waals surface area (Å²) < 4.78 is 17.9. The smallest absolute Gasteiger partial charge is 0.160 e. The molecule has 13 heavy (non-hydrogen) atoms. The van der Waals surface area contributed by atoms with Gasteiger partial charge in [0.05, 0.1) is 14.2 Å². The first kappa shape index (κ1) is 8.17. The highest BCUT2D eigenvalue weighted by atomic mass is 16.5. The first-order chi connectivity index (χ1) is 6.72. The van der Waals surface area contributed by atoms with Gasteiger partial charge in [-0.3, -0.25) is 0 Å². The van der Waals surface area contributed by atoms with Crippen molar-refractivity contribution in [3.63, 3.8) is 0 Å². The summed E-state index contributed by atoms with van der Waals surface area (Å²) in [6.07, 6.45) is 1.15. The predicted molar refractivity (Wildman–Crippen MR) is 53.4 cm³/mol. The Morgan fingerprint density at radius 2 is 2.08 bits per heavy atom. The monoisotopic (exact) mass is 179 g/mol. The Balaban J connectivity index is 3.06. The minimum absolute atomic E-state index is 0.421. The molecule has 0 saturated carbocycles. The summed E-state index contributed by atoms with van der Waals surface area (Å²) in [5.74, 6) is 1.32. The molecule has 0 bridgehead atoms. The van der Waals surface area contributed by atoms with E-state index in [0.717, 1.165) is 5.56 Å². The maximum Gasteiger partial charge on any atom is 0.160 e. The van der Waals surface area contributed by atoms with Gasteiger partial charge in [0.25, 0.3) is 0 Å². The number of ether oxygens (including phenoxy) is 2. The van der Waals surface area contributed by atoms with Gasteiger partial charge in [0.1, 0.15) is 0 Å². The quantitative estimate of drug-likeness (QED) is 0.661. The topological polar surface area (TPSA) is 18.5 Å². The van der Waals surface area contributed by atoms with Gasteiger partial charge in [0, 0.05) is 1.37 Å². The second kappa shape index (κ2) is 4.55. The van der Waals surface area contributed by atoms with E-state index in [1.54, 1.807) is 32.4 Å². The highest BCUT2D eigenvalue weighted by molar-refractivity contribution is 5.43. The van der Waals surface area contributed by atoms with Gasteiger partial charge in [-0.15, -0.1) is 6.58 Å². The Morgan fingerprint density at radius 1 is 1.38 bits per heavy atom. The molecule has 0 aliphatic heterocycles. The second-order valence-corrected chi connectivity index (χ2v) is 2.52. The molecule has 1 rings (SSSR count). The van der Waals surface area contributed by atoms with Crippen LogP contribution in [-0.4, -0.2) is 14.2 Å². The number of rotatable bonds is 4. The molecule has 70 valence electrons. The van der Waals surface area contributed by atoms with Gasteiger partial charge < -0.3 is 9.47 Å². The molecule has 0 heterocycles. The summed E-state index contributed by atoms with van der Waals surface area (Å²) in [5, 5.41) is 0. The Kier molecular flexibility index (Phi) is 2.86. The van der Waals surface area contributed by atoms with E-state index < -0.39 is 6.40 Å². The standard InChI is InChI=1S/C11H14O2/c1-4-5-9-6-7-10(12-2)11(8-9)13-3/h4,6-8H,1,5H2,2-3H3/i5D. The van der Waals surface area contributed by atoms with E-state index in [0.29, 0.717) is 11.5 Å². The van der Waals surface area contributed by atoms with E-state index in [2.05, 4.69) is 6.58 Å². The zero-order chi connectivity index (χ0) is 10.6. The van der Waals surface area contributed by atoms with Crippen molar-refractivity contribution in [3.8, 4) is 11.5 Å². The summed E-state index contributed by atoms with van der Waals surface area (Å²) in [6, 6.07) is 5.41. The van der Waals surface area contributed by atoms with Crippen molar-refractivity contribution in [3.05, 3.63) is 36.4 Å². The molecule has 2 heteroatoms. The number of methoxy groups -OCH3 is 2. The number of hydrogen-bond donors (Lipinski definition) is 0. The molecule has 0 radical (unpaired) electrons. The summed E-state index contributed by atoms with van der Waals surface area (Å²) in [6.45, 7) is 3.58. The van der Waals surface area contributed by atoms with Crippen LogP contribution in [0.5, 0.6) is 11.5 Å². The van der Waals surface area contributed by atoms with Crippen LogP contribution in [0.2, 0.25) is 0 Å². The average molecular weight is 179 g/mol. The molecule has 0 fully saturated rings. The van der Waals surface area contributed by atoms with Gasteiger partial charge in [0.15, 0.2) is 11.5 Å². The maximum absolute atomic E-state index is 7.65. The summed E-state index contributed by atoms with van der Waals surface area (Å²) in [7, 11) is 3.16. The van der Waals surface area contributed by atoms with E-state index in [4.69, 9.17) is 10.8 Å². The lowest BCUT2D eigenvalue weighted by molar-refractivity contribution is 0.354. The van der Waals surface area contributed by atoms with E-state index in [1.807, 2.05) is 6.07 Å². The molecule has 0 N–H and O–H groups in total. The third-order valence-electron chi connectivity index (χ3n) is 1.72. The van der Waals surface area contributed by atoms with Crippen molar-refractivity contribution in [1.29, 1.82) is 0 Å². The van der Waals surface area contributed by atoms with Crippen LogP contribution < -0.4 is 9.47 Å². The molecule has 0 aromatic heterocycles. The Hall–Kier alpha value is -1.44. The van der Waals surface area contributed by atoms with Crippen LogP contribution in [0.15, 0.2) is 30.9 Å². The molecule has 1 atom stereocenters. The van der Waals surface area contributed by atoms with Gasteiger partial charge >= 0.3 is 0 Å². The third-order valence-corrected chi connectivity index (χ3v) is 1.72. The van der Waals surface area contributed by atoms with Gasteiger partial charge in [-0.05, 0) is 24.1 Å². The van der Waals surface area contributed by atoms with Crippen molar-refractivity contribution in [1.82, 2.24) is 0 Å². The first-order valence-electron chi connectivity index (χ1n) is 4.57. The number of benzene rings is 1. The predicted octanol–water partition coefficient (Wildman–Crippen LogP) is 2.43. The maximum atomic E-state index is 7.65. The lowest BCUT2D eigenvalue weighted by Crippen LogP contribution is -1.91. The average Bonchev–Trinajstić information content (AvgIpc) is 2.26. The molecule has 0 spiro atoms. The zero-order valence-corrected chi connectivity index (χ0v) is 7.91. The van der Waals surface area contributed by atoms with Crippen molar-refractivity contribution in [2.24, 2.45) is 0 Å². The van der Waals surface area contributed by atoms with Gasteiger partial charge in [0.2, 0.25) is 0 Å². The summed E-state index contributed by atoms with van der Waals surface area (Å²) in [4.78, 5) is 0. The fourth-order valence-electron chi connectivity index (χ4n) is 1.09. The van der Waals surface area contributed by atoms with E-state index in [-0.39, 0.29) is 0 Å². The second-order valence-electron chi connectivity index (χ2n) is 2.52. The van der Waals surface area contributed by atoms with Crippen molar-refractivity contribution in [2.45, 2.75) is 6.40 Å². The molecule has 0 aliphatic carbocycles. The zero-order valence-electron chi connectivity index (χ0n) is 8.91. The minimum atomic E-state index is -0.421. The largest absolute Gasteiger partial charge is 0.493 e. The SMILES string of the molecule is [2H]C(C=C)c1ccc(OC)c(OC)c1. The van der Waals surface area contributed by atoms with Gasteiger partial charge in [-0.2, -0.15) is 0 Å². The molecule has 1 aromatic rings. The Labute approximate surface area is 80.2 Å².